The van der Waals surface area contributed by atoms with Crippen molar-refractivity contribution in [1.82, 2.24) is 4.90 Å². The molecule has 0 saturated heterocycles. The molecule has 3 nitrogen and oxygen atoms in total. The molecule has 3 heteroatoms. The van der Waals surface area contributed by atoms with Crippen LogP contribution in [0.2, 0.25) is 0 Å². The summed E-state index contributed by atoms with van der Waals surface area (Å²) in [7, 11) is 1.88. The van der Waals surface area contributed by atoms with Gasteiger partial charge >= 0.3 is 0 Å². The third-order valence-corrected chi connectivity index (χ3v) is 3.70. The maximum Gasteiger partial charge on any atom is 0.242 e. The van der Waals surface area contributed by atoms with E-state index in [1.165, 1.54) is 11.3 Å². The summed E-state index contributed by atoms with van der Waals surface area (Å²) in [4.78, 5) is 16.2. The highest BCUT2D eigenvalue weighted by Gasteiger charge is 2.21. The van der Waals surface area contributed by atoms with Gasteiger partial charge < -0.3 is 9.80 Å². The van der Waals surface area contributed by atoms with E-state index >= 15 is 0 Å². The Hall–Kier alpha value is -1.51. The molecule has 0 spiro atoms. The molecule has 1 amide bonds. The lowest BCUT2D eigenvalue weighted by atomic mass is 10.0. The number of anilines is 1. The van der Waals surface area contributed by atoms with Gasteiger partial charge in [-0.1, -0.05) is 18.2 Å². The van der Waals surface area contributed by atoms with Gasteiger partial charge in [0.05, 0.1) is 6.54 Å². The van der Waals surface area contributed by atoms with Crippen LogP contribution in [-0.4, -0.2) is 37.0 Å². The lowest BCUT2D eigenvalue weighted by Crippen LogP contribution is -2.43. The molecule has 1 aromatic carbocycles. The highest BCUT2D eigenvalue weighted by Crippen LogP contribution is 2.26. The molecule has 0 atom stereocenters. The van der Waals surface area contributed by atoms with Gasteiger partial charge in [0.25, 0.3) is 0 Å². The number of fused-ring (bicyclic) bond motifs is 1. The third-order valence-electron chi connectivity index (χ3n) is 3.70. The van der Waals surface area contributed by atoms with Crippen LogP contribution in [0.3, 0.4) is 0 Å². The number of likely N-dealkylation sites (N-methyl/N-ethyl adjacent to an activating group) is 1. The average Bonchev–Trinajstić information content (AvgIpc) is 2.38. The van der Waals surface area contributed by atoms with E-state index in [-0.39, 0.29) is 11.9 Å². The first-order chi connectivity index (χ1) is 8.59. The number of rotatable bonds is 3. The number of benzene rings is 1. The van der Waals surface area contributed by atoms with Crippen molar-refractivity contribution in [3.63, 3.8) is 0 Å². The van der Waals surface area contributed by atoms with Gasteiger partial charge in [0, 0.05) is 25.3 Å². The predicted molar refractivity (Wildman–Crippen MR) is 74.9 cm³/mol. The molecule has 0 unspecified atom stereocenters. The highest BCUT2D eigenvalue weighted by atomic mass is 16.2. The molecule has 2 rings (SSSR count). The van der Waals surface area contributed by atoms with Crippen molar-refractivity contribution in [3.8, 4) is 0 Å². The Bertz CT molecular complexity index is 428. The molecule has 0 bridgehead atoms. The fourth-order valence-corrected chi connectivity index (χ4v) is 2.34. The maximum absolute atomic E-state index is 12.1. The van der Waals surface area contributed by atoms with E-state index in [0.717, 1.165) is 19.4 Å². The molecule has 0 fully saturated rings. The van der Waals surface area contributed by atoms with Crippen LogP contribution in [0.15, 0.2) is 24.3 Å². The number of para-hydroxylation sites is 1. The van der Waals surface area contributed by atoms with Gasteiger partial charge in [-0.25, -0.2) is 0 Å². The largest absolute Gasteiger partial charge is 0.362 e. The van der Waals surface area contributed by atoms with E-state index in [9.17, 15) is 4.79 Å². The highest BCUT2D eigenvalue weighted by molar-refractivity contribution is 5.82. The summed E-state index contributed by atoms with van der Waals surface area (Å²) < 4.78 is 0. The van der Waals surface area contributed by atoms with Crippen LogP contribution in [0.5, 0.6) is 0 Å². The zero-order valence-electron chi connectivity index (χ0n) is 11.5. The van der Waals surface area contributed by atoms with Crippen LogP contribution in [0, 0.1) is 0 Å². The van der Waals surface area contributed by atoms with E-state index in [1.54, 1.807) is 0 Å². The normalized spacial score (nSPS) is 14.6. The van der Waals surface area contributed by atoms with E-state index in [4.69, 9.17) is 0 Å². The van der Waals surface area contributed by atoms with Crippen LogP contribution >= 0.6 is 0 Å². The second-order valence-corrected chi connectivity index (χ2v) is 5.25. The molecule has 18 heavy (non-hydrogen) atoms. The Morgan fingerprint density at radius 3 is 2.83 bits per heavy atom. The van der Waals surface area contributed by atoms with Gasteiger partial charge in [0.2, 0.25) is 5.91 Å². The van der Waals surface area contributed by atoms with Crippen molar-refractivity contribution in [2.24, 2.45) is 0 Å². The summed E-state index contributed by atoms with van der Waals surface area (Å²) >= 11 is 0. The Balaban J connectivity index is 2.10. The smallest absolute Gasteiger partial charge is 0.242 e. The molecular formula is C15H22N2O. The molecule has 1 aliphatic heterocycles. The van der Waals surface area contributed by atoms with Crippen LogP contribution in [0.4, 0.5) is 5.69 Å². The summed E-state index contributed by atoms with van der Waals surface area (Å²) in [6, 6.07) is 8.67. The first-order valence-corrected chi connectivity index (χ1v) is 6.68. The lowest BCUT2D eigenvalue weighted by molar-refractivity contribution is -0.129. The topological polar surface area (TPSA) is 23.6 Å². The first-order valence-electron chi connectivity index (χ1n) is 6.68. The van der Waals surface area contributed by atoms with Crippen molar-refractivity contribution in [2.45, 2.75) is 32.7 Å². The van der Waals surface area contributed by atoms with E-state index < -0.39 is 0 Å². The monoisotopic (exact) mass is 246 g/mol. The fraction of sp³-hybridized carbons (Fsp3) is 0.533. The minimum atomic E-state index is 0.196. The summed E-state index contributed by atoms with van der Waals surface area (Å²) in [6.45, 7) is 5.56. The summed E-state index contributed by atoms with van der Waals surface area (Å²) in [5.74, 6) is 0.196. The Morgan fingerprint density at radius 2 is 2.11 bits per heavy atom. The van der Waals surface area contributed by atoms with Crippen LogP contribution in [-0.2, 0) is 11.2 Å². The molecule has 0 saturated carbocycles. The third kappa shape index (κ3) is 2.66. The molecule has 1 aromatic rings. The summed E-state index contributed by atoms with van der Waals surface area (Å²) in [5.41, 5.74) is 2.60. The first kappa shape index (κ1) is 12.9. The summed E-state index contributed by atoms with van der Waals surface area (Å²) in [6.07, 6.45) is 2.26. The van der Waals surface area contributed by atoms with Gasteiger partial charge in [-0.15, -0.1) is 0 Å². The quantitative estimate of drug-likeness (QED) is 0.817. The summed E-state index contributed by atoms with van der Waals surface area (Å²) in [5, 5.41) is 0. The fourth-order valence-electron chi connectivity index (χ4n) is 2.34. The van der Waals surface area contributed by atoms with Gasteiger partial charge in [-0.05, 0) is 38.3 Å². The maximum atomic E-state index is 12.1. The number of nitrogens with zero attached hydrogens (tertiary/aromatic N) is 2. The predicted octanol–water partition coefficient (Wildman–Crippen LogP) is 2.31. The number of hydrogen-bond donors (Lipinski definition) is 0. The number of hydrogen-bond acceptors (Lipinski definition) is 2. The number of carbonyl (C=O) groups is 1. The minimum absolute atomic E-state index is 0.196. The second kappa shape index (κ2) is 5.42. The van der Waals surface area contributed by atoms with Crippen molar-refractivity contribution < 1.29 is 4.79 Å². The van der Waals surface area contributed by atoms with Crippen molar-refractivity contribution in [3.05, 3.63) is 29.8 Å². The van der Waals surface area contributed by atoms with E-state index in [2.05, 4.69) is 23.1 Å². The molecule has 98 valence electrons. The van der Waals surface area contributed by atoms with Gasteiger partial charge in [-0.2, -0.15) is 0 Å². The zero-order valence-corrected chi connectivity index (χ0v) is 11.5. The number of aryl methyl sites for hydroxylation is 1. The van der Waals surface area contributed by atoms with Crippen molar-refractivity contribution in [2.75, 3.05) is 25.0 Å². The van der Waals surface area contributed by atoms with E-state index in [1.807, 2.05) is 31.9 Å². The van der Waals surface area contributed by atoms with Gasteiger partial charge in [0.15, 0.2) is 0 Å². The number of carbonyl (C=O) groups excluding carboxylic acids is 1. The molecule has 0 N–H and O–H groups in total. The van der Waals surface area contributed by atoms with Gasteiger partial charge in [-0.3, -0.25) is 4.79 Å². The minimum Gasteiger partial charge on any atom is -0.362 e. The van der Waals surface area contributed by atoms with Crippen LogP contribution in [0.1, 0.15) is 25.8 Å². The van der Waals surface area contributed by atoms with Crippen molar-refractivity contribution in [1.29, 1.82) is 0 Å². The molecule has 0 aromatic heterocycles. The Labute approximate surface area is 109 Å². The molecule has 0 aliphatic carbocycles. The Morgan fingerprint density at radius 1 is 1.39 bits per heavy atom. The lowest BCUT2D eigenvalue weighted by Gasteiger charge is -2.32. The molecule has 0 radical (unpaired) electrons. The number of amides is 1. The van der Waals surface area contributed by atoms with Crippen LogP contribution < -0.4 is 4.90 Å². The molecule has 1 heterocycles. The molecular weight excluding hydrogens is 224 g/mol. The standard InChI is InChI=1S/C15H22N2O/c1-12(2)16(3)15(18)11-17-10-6-8-13-7-4-5-9-14(13)17/h4-5,7,9,12H,6,8,10-11H2,1-3H3. The Kier molecular flexibility index (Phi) is 3.90. The van der Waals surface area contributed by atoms with Crippen molar-refractivity contribution >= 4 is 11.6 Å². The van der Waals surface area contributed by atoms with E-state index in [0.29, 0.717) is 6.54 Å². The molecule has 1 aliphatic rings. The SMILES string of the molecule is CC(C)N(C)C(=O)CN1CCCc2ccccc21. The van der Waals surface area contributed by atoms with Gasteiger partial charge in [0.1, 0.15) is 0 Å². The average molecular weight is 246 g/mol. The second-order valence-electron chi connectivity index (χ2n) is 5.25. The van der Waals surface area contributed by atoms with Crippen LogP contribution in [0.25, 0.3) is 0 Å². The zero-order chi connectivity index (χ0) is 13.1.